The van der Waals surface area contributed by atoms with Crippen molar-refractivity contribution in [1.29, 1.82) is 0 Å². The molecule has 2 aromatic rings. The molecular weight excluding hydrogens is 452 g/mol. The van der Waals surface area contributed by atoms with Crippen LogP contribution in [0.15, 0.2) is 21.9 Å². The first kappa shape index (κ1) is 26.1. The highest BCUT2D eigenvalue weighted by molar-refractivity contribution is 7.15. The summed E-state index contributed by atoms with van der Waals surface area (Å²) < 4.78 is 10.9. The number of carboxylic acids is 2. The van der Waals surface area contributed by atoms with E-state index in [-0.39, 0.29) is 12.5 Å². The third kappa shape index (κ3) is 7.72. The number of piperidine rings is 1. The number of amides is 1. The van der Waals surface area contributed by atoms with Gasteiger partial charge in [0.1, 0.15) is 22.1 Å². The summed E-state index contributed by atoms with van der Waals surface area (Å²) >= 11 is 1.31. The quantitative estimate of drug-likeness (QED) is 0.418. The van der Waals surface area contributed by atoms with Crippen LogP contribution in [0.4, 0.5) is 5.00 Å². The lowest BCUT2D eigenvalue weighted by Crippen LogP contribution is -2.38. The number of hydrogen-bond donors (Lipinski definition) is 3. The minimum absolute atomic E-state index is 0.112. The fraction of sp³-hybridized carbons (Fsp3) is 0.455. The molecular formula is C22H28N2O8S. The van der Waals surface area contributed by atoms with Crippen LogP contribution in [0.25, 0.3) is 11.3 Å². The molecule has 1 aliphatic rings. The molecule has 0 aliphatic carbocycles. The zero-order valence-electron chi connectivity index (χ0n) is 18.8. The Morgan fingerprint density at radius 1 is 1.18 bits per heavy atom. The predicted molar refractivity (Wildman–Crippen MR) is 121 cm³/mol. The molecule has 0 unspecified atom stereocenters. The van der Waals surface area contributed by atoms with E-state index in [9.17, 15) is 9.59 Å². The summed E-state index contributed by atoms with van der Waals surface area (Å²) in [6.45, 7) is 8.32. The second-order valence-corrected chi connectivity index (χ2v) is 8.48. The maximum atomic E-state index is 12.5. The third-order valence-corrected chi connectivity index (χ3v) is 5.85. The Bertz CT molecular complexity index is 976. The lowest BCUT2D eigenvalue weighted by Gasteiger charge is -2.29. The van der Waals surface area contributed by atoms with Gasteiger partial charge in [-0.25, -0.2) is 14.4 Å². The molecule has 0 bridgehead atoms. The summed E-state index contributed by atoms with van der Waals surface area (Å²) in [6, 6.07) is 3.66. The average molecular weight is 481 g/mol. The van der Waals surface area contributed by atoms with Crippen molar-refractivity contribution in [3.63, 3.8) is 0 Å². The molecule has 1 amide bonds. The number of hydrogen-bond acceptors (Lipinski definition) is 8. The normalized spacial score (nSPS) is 14.2. The molecule has 0 aromatic carbocycles. The summed E-state index contributed by atoms with van der Waals surface area (Å²) in [5.41, 5.74) is 1.01. The van der Waals surface area contributed by atoms with Crippen molar-refractivity contribution in [3.05, 3.63) is 28.8 Å². The standard InChI is InChI=1S/C20H26N2O4S.C2H2O4/c1-4-25-20(24)18-15(16-6-5-14(3)26-16)12-27-19(18)21-17(23)11-22-9-7-13(2)8-10-22;3-1(4)2(5)6/h5-6,12-13H,4,7-11H2,1-3H3,(H,21,23);(H,3,4)(H,5,6). The predicted octanol–water partition coefficient (Wildman–Crippen LogP) is 3.32. The number of furan rings is 1. The van der Waals surface area contributed by atoms with Gasteiger partial charge in [0.05, 0.1) is 13.2 Å². The number of ether oxygens (including phenoxy) is 1. The summed E-state index contributed by atoms with van der Waals surface area (Å²) in [4.78, 5) is 45.4. The van der Waals surface area contributed by atoms with Gasteiger partial charge in [0.2, 0.25) is 5.91 Å². The van der Waals surface area contributed by atoms with Gasteiger partial charge in [-0.2, -0.15) is 0 Å². The van der Waals surface area contributed by atoms with E-state index >= 15 is 0 Å². The Hall–Kier alpha value is -3.18. The molecule has 3 heterocycles. The number of aryl methyl sites for hydroxylation is 1. The fourth-order valence-electron chi connectivity index (χ4n) is 3.21. The van der Waals surface area contributed by atoms with E-state index in [0.717, 1.165) is 37.6 Å². The maximum Gasteiger partial charge on any atom is 0.414 e. The first-order valence-corrected chi connectivity index (χ1v) is 11.3. The van der Waals surface area contributed by atoms with Crippen LogP contribution < -0.4 is 5.32 Å². The molecule has 10 nitrogen and oxygen atoms in total. The van der Waals surface area contributed by atoms with E-state index in [1.165, 1.54) is 11.3 Å². The molecule has 1 saturated heterocycles. The molecule has 33 heavy (non-hydrogen) atoms. The molecule has 0 spiro atoms. The Labute approximate surface area is 195 Å². The van der Waals surface area contributed by atoms with Crippen LogP contribution in [-0.2, 0) is 19.1 Å². The number of aliphatic carboxylic acids is 2. The van der Waals surface area contributed by atoms with Crippen LogP contribution in [0, 0.1) is 12.8 Å². The van der Waals surface area contributed by atoms with Crippen LogP contribution in [0.5, 0.6) is 0 Å². The van der Waals surface area contributed by atoms with Crippen LogP contribution in [0.3, 0.4) is 0 Å². The summed E-state index contributed by atoms with van der Waals surface area (Å²) in [5.74, 6) is -2.14. The van der Waals surface area contributed by atoms with Crippen molar-refractivity contribution >= 4 is 40.2 Å². The van der Waals surface area contributed by atoms with Crippen LogP contribution in [-0.4, -0.2) is 65.2 Å². The summed E-state index contributed by atoms with van der Waals surface area (Å²) in [6.07, 6.45) is 2.23. The Kier molecular flexibility index (Phi) is 9.61. The smallest absolute Gasteiger partial charge is 0.414 e. The Morgan fingerprint density at radius 3 is 2.33 bits per heavy atom. The van der Waals surface area contributed by atoms with Gasteiger partial charge in [-0.1, -0.05) is 6.92 Å². The first-order valence-electron chi connectivity index (χ1n) is 10.5. The van der Waals surface area contributed by atoms with Crippen molar-refractivity contribution in [1.82, 2.24) is 4.90 Å². The minimum atomic E-state index is -1.82. The minimum Gasteiger partial charge on any atom is -0.473 e. The molecule has 0 radical (unpaired) electrons. The number of carbonyl (C=O) groups is 4. The van der Waals surface area contributed by atoms with Gasteiger partial charge < -0.3 is 24.7 Å². The number of esters is 1. The molecule has 1 aliphatic heterocycles. The summed E-state index contributed by atoms with van der Waals surface area (Å²) in [5, 5.41) is 20.0. The molecule has 0 saturated carbocycles. The lowest BCUT2D eigenvalue weighted by molar-refractivity contribution is -0.159. The zero-order valence-corrected chi connectivity index (χ0v) is 19.6. The topological polar surface area (TPSA) is 146 Å². The van der Waals surface area contributed by atoms with Gasteiger partial charge in [-0.05, 0) is 57.8 Å². The van der Waals surface area contributed by atoms with Crippen molar-refractivity contribution in [2.75, 3.05) is 31.6 Å². The lowest BCUT2D eigenvalue weighted by atomic mass is 9.99. The average Bonchev–Trinajstić information content (AvgIpc) is 3.36. The molecule has 180 valence electrons. The monoisotopic (exact) mass is 480 g/mol. The van der Waals surface area contributed by atoms with Crippen molar-refractivity contribution in [3.8, 4) is 11.3 Å². The van der Waals surface area contributed by atoms with Gasteiger partial charge in [-0.15, -0.1) is 11.3 Å². The second kappa shape index (κ2) is 12.2. The van der Waals surface area contributed by atoms with Gasteiger partial charge in [0.25, 0.3) is 0 Å². The molecule has 0 atom stereocenters. The van der Waals surface area contributed by atoms with Gasteiger partial charge in [0, 0.05) is 10.9 Å². The number of nitrogens with zero attached hydrogens (tertiary/aromatic N) is 1. The van der Waals surface area contributed by atoms with Gasteiger partial charge in [0.15, 0.2) is 0 Å². The number of carbonyl (C=O) groups excluding carboxylic acids is 2. The van der Waals surface area contributed by atoms with E-state index < -0.39 is 17.9 Å². The van der Waals surface area contributed by atoms with Gasteiger partial charge >= 0.3 is 17.9 Å². The van der Waals surface area contributed by atoms with E-state index in [1.807, 2.05) is 24.4 Å². The number of rotatable bonds is 6. The van der Waals surface area contributed by atoms with E-state index in [4.69, 9.17) is 29.0 Å². The number of likely N-dealkylation sites (tertiary alicyclic amines) is 1. The number of anilines is 1. The largest absolute Gasteiger partial charge is 0.473 e. The molecule has 11 heteroatoms. The van der Waals surface area contributed by atoms with Crippen LogP contribution in [0.1, 0.15) is 42.8 Å². The first-order chi connectivity index (χ1) is 15.6. The van der Waals surface area contributed by atoms with Crippen molar-refractivity contribution in [2.45, 2.75) is 33.6 Å². The van der Waals surface area contributed by atoms with Crippen LogP contribution >= 0.6 is 11.3 Å². The highest BCUT2D eigenvalue weighted by Gasteiger charge is 2.25. The third-order valence-electron chi connectivity index (χ3n) is 4.96. The SMILES string of the molecule is CCOC(=O)c1c(-c2ccc(C)o2)csc1NC(=O)CN1CCC(C)CC1.O=C(O)C(=O)O. The fourth-order valence-corrected chi connectivity index (χ4v) is 4.16. The Morgan fingerprint density at radius 2 is 1.82 bits per heavy atom. The molecule has 2 aromatic heterocycles. The van der Waals surface area contributed by atoms with E-state index in [0.29, 0.717) is 28.4 Å². The highest BCUT2D eigenvalue weighted by Crippen LogP contribution is 2.37. The van der Waals surface area contributed by atoms with Crippen molar-refractivity contribution in [2.24, 2.45) is 5.92 Å². The number of carboxylic acid groups (broad SMARTS) is 2. The summed E-state index contributed by atoms with van der Waals surface area (Å²) in [7, 11) is 0. The highest BCUT2D eigenvalue weighted by atomic mass is 32.1. The molecule has 1 fully saturated rings. The van der Waals surface area contributed by atoms with E-state index in [2.05, 4.69) is 17.1 Å². The maximum absolute atomic E-state index is 12.5. The number of nitrogens with one attached hydrogen (secondary N) is 1. The van der Waals surface area contributed by atoms with Crippen LogP contribution in [0.2, 0.25) is 0 Å². The van der Waals surface area contributed by atoms with Crippen molar-refractivity contribution < 1.29 is 38.5 Å². The second-order valence-electron chi connectivity index (χ2n) is 7.60. The number of thiophene rings is 1. The zero-order chi connectivity index (χ0) is 24.5. The van der Waals surface area contributed by atoms with Gasteiger partial charge in [-0.3, -0.25) is 9.69 Å². The molecule has 3 N–H and O–H groups in total. The molecule has 3 rings (SSSR count). The Balaban J connectivity index is 0.000000569. The van der Waals surface area contributed by atoms with E-state index in [1.54, 1.807) is 6.92 Å².